The molecule has 9 heteroatoms. The number of benzene rings is 1. The number of aromatic nitrogens is 3. The minimum absolute atomic E-state index is 0.0204. The van der Waals surface area contributed by atoms with Crippen molar-refractivity contribution in [3.63, 3.8) is 0 Å². The van der Waals surface area contributed by atoms with E-state index < -0.39 is 11.9 Å². The molecular weight excluding hydrogens is 379 g/mol. The average Bonchev–Trinajstić information content (AvgIpc) is 3.18. The highest BCUT2D eigenvalue weighted by molar-refractivity contribution is 7.17. The van der Waals surface area contributed by atoms with Crippen molar-refractivity contribution in [2.24, 2.45) is 0 Å². The van der Waals surface area contributed by atoms with Crippen molar-refractivity contribution in [1.82, 2.24) is 19.5 Å². The Morgan fingerprint density at radius 1 is 1.38 bits per heavy atom. The first kappa shape index (κ1) is 17.7. The molecule has 138 valence electrons. The predicted octanol–water partition coefficient (Wildman–Crippen LogP) is 3.27. The lowest BCUT2D eigenvalue weighted by Crippen LogP contribution is -2.39. The number of aryl methyl sites for hydroxylation is 1. The first-order valence-electron chi connectivity index (χ1n) is 8.43. The van der Waals surface area contributed by atoms with Gasteiger partial charge >= 0.3 is 0 Å². The summed E-state index contributed by atoms with van der Waals surface area (Å²) >= 11 is 7.66. The largest absolute Gasteiger partial charge is 0.492 e. The summed E-state index contributed by atoms with van der Waals surface area (Å²) in [6.45, 7) is 4.27. The zero-order valence-corrected chi connectivity index (χ0v) is 15.7. The topological polar surface area (TPSA) is 62.9 Å². The summed E-state index contributed by atoms with van der Waals surface area (Å²) < 4.78 is 21.6. The maximum absolute atomic E-state index is 14.7. The number of rotatable bonds is 4. The second-order valence-electron chi connectivity index (χ2n) is 6.05. The number of hydrogen-bond donors (Lipinski definition) is 1. The van der Waals surface area contributed by atoms with E-state index in [1.165, 1.54) is 21.9 Å². The van der Waals surface area contributed by atoms with Crippen LogP contribution in [0.15, 0.2) is 18.2 Å². The van der Waals surface area contributed by atoms with Crippen LogP contribution in [0, 0.1) is 5.82 Å². The Morgan fingerprint density at radius 2 is 2.15 bits per heavy atom. The van der Waals surface area contributed by atoms with Crippen LogP contribution in [-0.2, 0) is 11.2 Å². The van der Waals surface area contributed by atoms with Gasteiger partial charge in [-0.3, -0.25) is 4.90 Å². The van der Waals surface area contributed by atoms with E-state index in [9.17, 15) is 9.50 Å². The Kier molecular flexibility index (Phi) is 4.83. The Hall–Kier alpha value is -1.74. The highest BCUT2D eigenvalue weighted by atomic mass is 35.5. The molecule has 0 spiro atoms. The fraction of sp³-hybridized carbons (Fsp3) is 0.412. The lowest BCUT2D eigenvalue weighted by molar-refractivity contribution is 0.0235. The van der Waals surface area contributed by atoms with E-state index >= 15 is 0 Å². The molecule has 1 aromatic carbocycles. The maximum Gasteiger partial charge on any atom is 0.230 e. The zero-order chi connectivity index (χ0) is 18.3. The number of hydrogen-bond acceptors (Lipinski definition) is 6. The van der Waals surface area contributed by atoms with E-state index in [0.717, 1.165) is 0 Å². The molecule has 0 amide bonds. The molecule has 1 aliphatic rings. The molecule has 1 atom stereocenters. The van der Waals surface area contributed by atoms with Crippen molar-refractivity contribution >= 4 is 27.9 Å². The Balaban J connectivity index is 1.88. The van der Waals surface area contributed by atoms with Gasteiger partial charge < -0.3 is 9.84 Å². The monoisotopic (exact) mass is 396 g/mol. The summed E-state index contributed by atoms with van der Waals surface area (Å²) in [5, 5.41) is 15.4. The standard InChI is InChI=1S/C17H18ClFN4O2S/c1-2-12-20-17-23(21-12)16(24)15(26-17)14(22-6-8-25-9-7-22)13-10(18)4-3-5-11(13)19/h3-5,14,24H,2,6-9H2,1H3. The van der Waals surface area contributed by atoms with Crippen LogP contribution in [0.25, 0.3) is 4.96 Å². The smallest absolute Gasteiger partial charge is 0.230 e. The van der Waals surface area contributed by atoms with E-state index in [1.54, 1.807) is 12.1 Å². The molecule has 2 aromatic heterocycles. The van der Waals surface area contributed by atoms with Gasteiger partial charge in [-0.1, -0.05) is 35.9 Å². The molecule has 26 heavy (non-hydrogen) atoms. The number of ether oxygens (including phenoxy) is 1. The summed E-state index contributed by atoms with van der Waals surface area (Å²) in [6.07, 6.45) is 0.676. The van der Waals surface area contributed by atoms with E-state index in [0.29, 0.717) is 59.0 Å². The summed E-state index contributed by atoms with van der Waals surface area (Å²) in [5.74, 6) is 0.236. The molecule has 3 heterocycles. The molecule has 6 nitrogen and oxygen atoms in total. The Labute approximate surface area is 158 Å². The molecule has 4 rings (SSSR count). The van der Waals surface area contributed by atoms with Gasteiger partial charge in [-0.25, -0.2) is 9.37 Å². The normalized spacial score (nSPS) is 17.0. The number of morpholine rings is 1. The van der Waals surface area contributed by atoms with Crippen LogP contribution in [-0.4, -0.2) is 50.9 Å². The van der Waals surface area contributed by atoms with Crippen molar-refractivity contribution in [1.29, 1.82) is 0 Å². The van der Waals surface area contributed by atoms with Crippen LogP contribution in [0.4, 0.5) is 4.39 Å². The van der Waals surface area contributed by atoms with Crippen LogP contribution < -0.4 is 0 Å². The second-order valence-corrected chi connectivity index (χ2v) is 7.47. The Bertz CT molecular complexity index is 918. The van der Waals surface area contributed by atoms with E-state index in [4.69, 9.17) is 16.3 Å². The van der Waals surface area contributed by atoms with Crippen LogP contribution in [0.5, 0.6) is 5.88 Å². The van der Waals surface area contributed by atoms with Gasteiger partial charge in [-0.15, -0.1) is 5.10 Å². The molecular formula is C17H18ClFN4O2S. The number of nitrogens with zero attached hydrogens (tertiary/aromatic N) is 4. The van der Waals surface area contributed by atoms with Crippen molar-refractivity contribution in [2.45, 2.75) is 19.4 Å². The van der Waals surface area contributed by atoms with Crippen molar-refractivity contribution in [2.75, 3.05) is 26.3 Å². The zero-order valence-electron chi connectivity index (χ0n) is 14.2. The molecule has 1 fully saturated rings. The van der Waals surface area contributed by atoms with E-state index in [2.05, 4.69) is 15.0 Å². The van der Waals surface area contributed by atoms with Gasteiger partial charge in [0.25, 0.3) is 0 Å². The third-order valence-electron chi connectivity index (χ3n) is 4.49. The fourth-order valence-electron chi connectivity index (χ4n) is 3.21. The second kappa shape index (κ2) is 7.11. The molecule has 0 radical (unpaired) electrons. The molecule has 1 saturated heterocycles. The minimum Gasteiger partial charge on any atom is -0.492 e. The maximum atomic E-state index is 14.7. The van der Waals surface area contributed by atoms with E-state index in [-0.39, 0.29) is 5.88 Å². The number of thiazole rings is 1. The van der Waals surface area contributed by atoms with Gasteiger partial charge in [0.2, 0.25) is 10.8 Å². The van der Waals surface area contributed by atoms with Gasteiger partial charge in [-0.2, -0.15) is 4.52 Å². The van der Waals surface area contributed by atoms with Gasteiger partial charge in [-0.05, 0) is 12.1 Å². The third kappa shape index (κ3) is 2.96. The molecule has 0 aliphatic carbocycles. The molecule has 1 unspecified atom stereocenters. The fourth-order valence-corrected chi connectivity index (χ4v) is 4.59. The van der Waals surface area contributed by atoms with Crippen LogP contribution in [0.2, 0.25) is 5.02 Å². The van der Waals surface area contributed by atoms with Crippen molar-refractivity contribution in [3.8, 4) is 5.88 Å². The van der Waals surface area contributed by atoms with E-state index in [1.807, 2.05) is 6.92 Å². The third-order valence-corrected chi connectivity index (χ3v) is 5.89. The lowest BCUT2D eigenvalue weighted by atomic mass is 10.0. The van der Waals surface area contributed by atoms with Gasteiger partial charge in [0.1, 0.15) is 5.82 Å². The highest BCUT2D eigenvalue weighted by Gasteiger charge is 2.33. The highest BCUT2D eigenvalue weighted by Crippen LogP contribution is 2.43. The molecule has 0 saturated carbocycles. The first-order valence-corrected chi connectivity index (χ1v) is 9.62. The van der Waals surface area contributed by atoms with Crippen LogP contribution in [0.1, 0.15) is 29.2 Å². The quantitative estimate of drug-likeness (QED) is 0.733. The summed E-state index contributed by atoms with van der Waals surface area (Å²) in [6, 6.07) is 4.11. The number of halogens is 2. The first-order chi connectivity index (χ1) is 12.6. The Morgan fingerprint density at radius 3 is 2.81 bits per heavy atom. The van der Waals surface area contributed by atoms with Crippen molar-refractivity contribution < 1.29 is 14.2 Å². The van der Waals surface area contributed by atoms with Gasteiger partial charge in [0.15, 0.2) is 5.82 Å². The molecule has 0 bridgehead atoms. The minimum atomic E-state index is -0.522. The summed E-state index contributed by atoms with van der Waals surface area (Å²) in [5.41, 5.74) is 0.353. The molecule has 1 aliphatic heterocycles. The average molecular weight is 397 g/mol. The molecule has 1 N–H and O–H groups in total. The van der Waals surface area contributed by atoms with Crippen LogP contribution >= 0.6 is 22.9 Å². The summed E-state index contributed by atoms with van der Waals surface area (Å²) in [7, 11) is 0. The predicted molar refractivity (Wildman–Crippen MR) is 97.6 cm³/mol. The number of aromatic hydroxyl groups is 1. The van der Waals surface area contributed by atoms with Gasteiger partial charge in [0.05, 0.1) is 24.1 Å². The number of fused-ring (bicyclic) bond motifs is 1. The van der Waals surface area contributed by atoms with Gasteiger partial charge in [0, 0.05) is 30.1 Å². The SMILES string of the molecule is CCc1nc2sc(C(c3c(F)cccc3Cl)N3CCOCC3)c(O)n2n1. The summed E-state index contributed by atoms with van der Waals surface area (Å²) in [4.78, 5) is 7.65. The van der Waals surface area contributed by atoms with Crippen LogP contribution in [0.3, 0.4) is 0 Å². The lowest BCUT2D eigenvalue weighted by Gasteiger charge is -2.34. The molecule has 3 aromatic rings. The van der Waals surface area contributed by atoms with Crippen molar-refractivity contribution in [3.05, 3.63) is 45.3 Å².